The molecule has 0 unspecified atom stereocenters. The molecule has 0 spiro atoms. The number of pyridine rings is 1. The maximum atomic E-state index is 12.7. The Labute approximate surface area is 166 Å². The maximum Gasteiger partial charge on any atom is 0.417 e. The highest BCUT2D eigenvalue weighted by molar-refractivity contribution is 6.33. The Bertz CT molecular complexity index is 809. The van der Waals surface area contributed by atoms with Crippen molar-refractivity contribution in [3.63, 3.8) is 0 Å². The first-order chi connectivity index (χ1) is 13.3. The summed E-state index contributed by atoms with van der Waals surface area (Å²) in [5.74, 6) is 0.304. The highest BCUT2D eigenvalue weighted by Gasteiger charge is 2.32. The fourth-order valence-corrected chi connectivity index (χ4v) is 3.30. The Kier molecular flexibility index (Phi) is 6.28. The van der Waals surface area contributed by atoms with Gasteiger partial charge in [0.2, 0.25) is 0 Å². The van der Waals surface area contributed by atoms with Crippen LogP contribution in [0.1, 0.15) is 11.1 Å². The lowest BCUT2D eigenvalue weighted by Gasteiger charge is -2.35. The summed E-state index contributed by atoms with van der Waals surface area (Å²) in [7, 11) is 0. The molecule has 1 N–H and O–H groups in total. The van der Waals surface area contributed by atoms with E-state index in [1.165, 1.54) is 0 Å². The van der Waals surface area contributed by atoms with Crippen molar-refractivity contribution in [2.24, 2.45) is 0 Å². The van der Waals surface area contributed by atoms with Crippen molar-refractivity contribution in [1.82, 2.24) is 15.2 Å². The number of nitrogens with zero attached hydrogens (tertiary/aromatic N) is 3. The zero-order chi connectivity index (χ0) is 20.1. The molecule has 0 saturated carbocycles. The lowest BCUT2D eigenvalue weighted by atomic mass is 10.1. The third kappa shape index (κ3) is 5.07. The van der Waals surface area contributed by atoms with Gasteiger partial charge in [-0.05, 0) is 18.1 Å². The Morgan fingerprint density at radius 2 is 1.82 bits per heavy atom. The van der Waals surface area contributed by atoms with E-state index >= 15 is 0 Å². The molecule has 1 aliphatic rings. The summed E-state index contributed by atoms with van der Waals surface area (Å²) in [5, 5.41) is 2.85. The molecule has 28 heavy (non-hydrogen) atoms. The summed E-state index contributed by atoms with van der Waals surface area (Å²) < 4.78 is 38.2. The highest BCUT2D eigenvalue weighted by atomic mass is 35.5. The molecule has 2 aromatic rings. The molecule has 0 atom stereocenters. The summed E-state index contributed by atoms with van der Waals surface area (Å²) in [6.45, 7) is 2.32. The molecular weight excluding hydrogens is 393 g/mol. The van der Waals surface area contributed by atoms with Crippen LogP contribution in [0.3, 0.4) is 0 Å². The van der Waals surface area contributed by atoms with E-state index in [2.05, 4.69) is 10.3 Å². The van der Waals surface area contributed by atoms with E-state index in [0.29, 0.717) is 38.5 Å². The van der Waals surface area contributed by atoms with Crippen molar-refractivity contribution >= 4 is 23.4 Å². The van der Waals surface area contributed by atoms with E-state index in [4.69, 9.17) is 11.6 Å². The van der Waals surface area contributed by atoms with Gasteiger partial charge in [-0.15, -0.1) is 0 Å². The lowest BCUT2D eigenvalue weighted by molar-refractivity contribution is -0.137. The Balaban J connectivity index is 1.49. The summed E-state index contributed by atoms with van der Waals surface area (Å²) in [4.78, 5) is 19.6. The van der Waals surface area contributed by atoms with Crippen LogP contribution in [-0.4, -0.2) is 48.6 Å². The van der Waals surface area contributed by atoms with Gasteiger partial charge in [0.05, 0.1) is 10.6 Å². The normalized spacial score (nSPS) is 14.9. The number of aromatic nitrogens is 1. The number of hydrogen-bond acceptors (Lipinski definition) is 3. The van der Waals surface area contributed by atoms with Gasteiger partial charge in [0.1, 0.15) is 5.82 Å². The number of hydrogen-bond donors (Lipinski definition) is 1. The van der Waals surface area contributed by atoms with E-state index in [0.717, 1.165) is 24.2 Å². The molecule has 1 aliphatic heterocycles. The number of amides is 2. The number of benzene rings is 1. The minimum atomic E-state index is -4.48. The first-order valence-corrected chi connectivity index (χ1v) is 9.27. The standard InChI is InChI=1S/C19H20ClF3N4O/c20-16-12-15(19(21,22)23)13-25-17(16)26-8-10-27(11-9-26)18(28)24-7-6-14-4-2-1-3-5-14/h1-5,12-13H,6-11H2,(H,24,28). The van der Waals surface area contributed by atoms with Crippen molar-refractivity contribution in [3.05, 3.63) is 58.7 Å². The van der Waals surface area contributed by atoms with Gasteiger partial charge in [0.15, 0.2) is 0 Å². The van der Waals surface area contributed by atoms with Gasteiger partial charge in [0, 0.05) is 38.9 Å². The van der Waals surface area contributed by atoms with Crippen LogP contribution in [0, 0.1) is 0 Å². The predicted octanol–water partition coefficient (Wildman–Crippen LogP) is 3.83. The number of carbonyl (C=O) groups is 1. The average molecular weight is 413 g/mol. The van der Waals surface area contributed by atoms with Crippen molar-refractivity contribution in [2.75, 3.05) is 37.6 Å². The number of anilines is 1. The number of alkyl halides is 3. The van der Waals surface area contributed by atoms with Crippen molar-refractivity contribution in [3.8, 4) is 0 Å². The molecule has 3 rings (SSSR count). The van der Waals surface area contributed by atoms with Gasteiger partial charge < -0.3 is 15.1 Å². The van der Waals surface area contributed by atoms with E-state index in [1.807, 2.05) is 30.3 Å². The topological polar surface area (TPSA) is 48.5 Å². The largest absolute Gasteiger partial charge is 0.417 e. The van der Waals surface area contributed by atoms with Crippen LogP contribution in [0.25, 0.3) is 0 Å². The zero-order valence-corrected chi connectivity index (χ0v) is 15.8. The second-order valence-electron chi connectivity index (χ2n) is 6.47. The van der Waals surface area contributed by atoms with E-state index in [9.17, 15) is 18.0 Å². The van der Waals surface area contributed by atoms with Crippen LogP contribution >= 0.6 is 11.6 Å². The minimum Gasteiger partial charge on any atom is -0.352 e. The average Bonchev–Trinajstić information content (AvgIpc) is 2.68. The molecule has 1 fully saturated rings. The van der Waals surface area contributed by atoms with Crippen molar-refractivity contribution < 1.29 is 18.0 Å². The molecule has 0 bridgehead atoms. The molecule has 150 valence electrons. The Morgan fingerprint density at radius 3 is 2.43 bits per heavy atom. The molecule has 9 heteroatoms. The van der Waals surface area contributed by atoms with Crippen LogP contribution in [0.2, 0.25) is 5.02 Å². The van der Waals surface area contributed by atoms with Gasteiger partial charge in [-0.1, -0.05) is 41.9 Å². The van der Waals surface area contributed by atoms with Gasteiger partial charge in [-0.2, -0.15) is 13.2 Å². The quantitative estimate of drug-likeness (QED) is 0.830. The molecular formula is C19H20ClF3N4O. The molecule has 5 nitrogen and oxygen atoms in total. The van der Waals surface area contributed by atoms with E-state index in [-0.39, 0.29) is 11.1 Å². The maximum absolute atomic E-state index is 12.7. The summed E-state index contributed by atoms with van der Waals surface area (Å²) >= 11 is 6.00. The van der Waals surface area contributed by atoms with E-state index < -0.39 is 11.7 Å². The fourth-order valence-electron chi connectivity index (χ4n) is 3.01. The van der Waals surface area contributed by atoms with Gasteiger partial charge in [-0.3, -0.25) is 0 Å². The number of urea groups is 1. The monoisotopic (exact) mass is 412 g/mol. The lowest BCUT2D eigenvalue weighted by Crippen LogP contribution is -2.52. The summed E-state index contributed by atoms with van der Waals surface area (Å²) in [6, 6.07) is 10.6. The zero-order valence-electron chi connectivity index (χ0n) is 15.0. The van der Waals surface area contributed by atoms with Gasteiger partial charge in [0.25, 0.3) is 0 Å². The van der Waals surface area contributed by atoms with Crippen molar-refractivity contribution in [2.45, 2.75) is 12.6 Å². The van der Waals surface area contributed by atoms with Gasteiger partial charge >= 0.3 is 12.2 Å². The van der Waals surface area contributed by atoms with Crippen molar-refractivity contribution in [1.29, 1.82) is 0 Å². The van der Waals surface area contributed by atoms with Crippen LogP contribution in [0.5, 0.6) is 0 Å². The predicted molar refractivity (Wildman–Crippen MR) is 102 cm³/mol. The van der Waals surface area contributed by atoms with Crippen LogP contribution in [-0.2, 0) is 12.6 Å². The summed E-state index contributed by atoms with van der Waals surface area (Å²) in [6.07, 6.45) is -2.95. The van der Waals surface area contributed by atoms with Gasteiger partial charge in [-0.25, -0.2) is 9.78 Å². The molecule has 1 saturated heterocycles. The smallest absolute Gasteiger partial charge is 0.352 e. The SMILES string of the molecule is O=C(NCCc1ccccc1)N1CCN(c2ncc(C(F)(F)F)cc2Cl)CC1. The second-order valence-corrected chi connectivity index (χ2v) is 6.88. The Morgan fingerprint density at radius 1 is 1.14 bits per heavy atom. The number of carbonyl (C=O) groups excluding carboxylic acids is 1. The van der Waals surface area contributed by atoms with Crippen LogP contribution in [0.4, 0.5) is 23.8 Å². The molecule has 0 aliphatic carbocycles. The van der Waals surface area contributed by atoms with E-state index in [1.54, 1.807) is 9.80 Å². The number of rotatable bonds is 4. The Hall–Kier alpha value is -2.48. The number of nitrogens with one attached hydrogen (secondary N) is 1. The van der Waals surface area contributed by atoms with Crippen LogP contribution < -0.4 is 10.2 Å². The second kappa shape index (κ2) is 8.68. The first-order valence-electron chi connectivity index (χ1n) is 8.89. The molecule has 1 aromatic carbocycles. The molecule has 0 radical (unpaired) electrons. The highest BCUT2D eigenvalue weighted by Crippen LogP contribution is 2.33. The number of piperazine rings is 1. The third-order valence-corrected chi connectivity index (χ3v) is 4.83. The fraction of sp³-hybridized carbons (Fsp3) is 0.368. The third-order valence-electron chi connectivity index (χ3n) is 4.55. The minimum absolute atomic E-state index is 0.0458. The molecule has 2 heterocycles. The molecule has 2 amide bonds. The van der Waals surface area contributed by atoms with Crippen LogP contribution in [0.15, 0.2) is 42.6 Å². The summed E-state index contributed by atoms with van der Waals surface area (Å²) in [5.41, 5.74) is 0.272. The number of halogens is 4. The molecule has 1 aromatic heterocycles. The first kappa shape index (κ1) is 20.3.